The predicted octanol–water partition coefficient (Wildman–Crippen LogP) is 2.84. The molecule has 100 valence electrons. The van der Waals surface area contributed by atoms with E-state index in [-0.39, 0.29) is 5.78 Å². The summed E-state index contributed by atoms with van der Waals surface area (Å²) in [5.74, 6) is -0.0117. The van der Waals surface area contributed by atoms with E-state index >= 15 is 0 Å². The first-order valence-corrected chi connectivity index (χ1v) is 6.18. The molecule has 2 aromatic rings. The first kappa shape index (κ1) is 13.2. The van der Waals surface area contributed by atoms with E-state index in [2.05, 4.69) is 4.98 Å². The largest absolute Gasteiger partial charge is 0.396 e. The second-order valence-corrected chi connectivity index (χ2v) is 4.91. The highest BCUT2D eigenvalue weighted by Crippen LogP contribution is 2.31. The Morgan fingerprint density at radius 3 is 2.21 bits per heavy atom. The summed E-state index contributed by atoms with van der Waals surface area (Å²) in [6, 6.07) is 8.05. The topological polar surface area (TPSA) is 62.1 Å². The normalized spacial score (nSPS) is 10.5. The maximum Gasteiger partial charge on any atom is 0.163 e. The number of aryl methyl sites for hydroxylation is 1. The quantitative estimate of drug-likeness (QED) is 0.831. The van der Waals surface area contributed by atoms with Crippen LogP contribution in [0.5, 0.6) is 0 Å². The Morgan fingerprint density at radius 1 is 1.21 bits per heavy atom. The number of nitrogens with two attached hydrogens (primary N) is 1. The molecule has 0 amide bonds. The number of carbonyl (C=O) groups is 1. The van der Waals surface area contributed by atoms with Crippen LogP contribution in [-0.4, -0.2) is 24.9 Å². The van der Waals surface area contributed by atoms with E-state index < -0.39 is 0 Å². The molecule has 4 nitrogen and oxygen atoms in total. The molecular weight excluding hydrogens is 238 g/mol. The van der Waals surface area contributed by atoms with Crippen molar-refractivity contribution in [2.24, 2.45) is 0 Å². The van der Waals surface area contributed by atoms with Crippen LogP contribution < -0.4 is 10.6 Å². The lowest BCUT2D eigenvalue weighted by Crippen LogP contribution is -2.07. The number of carbonyl (C=O) groups excluding carboxylic acids is 1. The number of aromatic amines is 1. The summed E-state index contributed by atoms with van der Waals surface area (Å²) < 4.78 is 0. The molecule has 19 heavy (non-hydrogen) atoms. The van der Waals surface area contributed by atoms with Gasteiger partial charge < -0.3 is 15.6 Å². The van der Waals surface area contributed by atoms with Crippen molar-refractivity contribution in [3.8, 4) is 11.3 Å². The number of H-pyrrole nitrogens is 1. The van der Waals surface area contributed by atoms with Crippen LogP contribution in [0.25, 0.3) is 11.3 Å². The number of nitrogen functional groups attached to an aromatic ring is 1. The number of anilines is 2. The molecule has 0 saturated heterocycles. The third kappa shape index (κ3) is 2.34. The van der Waals surface area contributed by atoms with Crippen LogP contribution in [0.2, 0.25) is 0 Å². The molecule has 0 unspecified atom stereocenters. The van der Waals surface area contributed by atoms with Crippen molar-refractivity contribution in [3.05, 3.63) is 35.5 Å². The highest BCUT2D eigenvalue weighted by atomic mass is 16.1. The number of hydrogen-bond donors (Lipinski definition) is 2. The lowest BCUT2D eigenvalue weighted by atomic mass is 10.1. The zero-order valence-corrected chi connectivity index (χ0v) is 11.7. The molecule has 2 rings (SSSR count). The van der Waals surface area contributed by atoms with E-state index in [1.165, 1.54) is 6.92 Å². The van der Waals surface area contributed by atoms with E-state index in [1.807, 2.05) is 50.2 Å². The van der Waals surface area contributed by atoms with Gasteiger partial charge in [0.1, 0.15) is 0 Å². The Morgan fingerprint density at radius 2 is 1.79 bits per heavy atom. The summed E-state index contributed by atoms with van der Waals surface area (Å²) in [7, 11) is 3.99. The Labute approximate surface area is 113 Å². The fourth-order valence-electron chi connectivity index (χ4n) is 2.25. The Balaban J connectivity index is 2.48. The molecule has 0 aliphatic carbocycles. The molecule has 4 heteroatoms. The molecule has 0 aliphatic heterocycles. The summed E-state index contributed by atoms with van der Waals surface area (Å²) in [5.41, 5.74) is 10.9. The first-order valence-electron chi connectivity index (χ1n) is 6.18. The molecular formula is C15H19N3O. The summed E-state index contributed by atoms with van der Waals surface area (Å²) in [5, 5.41) is 0. The van der Waals surface area contributed by atoms with Crippen LogP contribution in [0.4, 0.5) is 11.4 Å². The summed E-state index contributed by atoms with van der Waals surface area (Å²) >= 11 is 0. The minimum absolute atomic E-state index is 0.0117. The van der Waals surface area contributed by atoms with E-state index in [1.54, 1.807) is 0 Å². The maximum atomic E-state index is 11.6. The summed E-state index contributed by atoms with van der Waals surface area (Å²) in [6.07, 6.45) is 0. The van der Waals surface area contributed by atoms with Gasteiger partial charge in [-0.25, -0.2) is 0 Å². The number of nitrogens with one attached hydrogen (secondary N) is 1. The van der Waals surface area contributed by atoms with Crippen molar-refractivity contribution in [1.82, 2.24) is 4.98 Å². The molecule has 0 aliphatic rings. The van der Waals surface area contributed by atoms with Gasteiger partial charge in [0, 0.05) is 31.0 Å². The van der Waals surface area contributed by atoms with E-state index in [0.29, 0.717) is 11.3 Å². The number of benzene rings is 1. The van der Waals surface area contributed by atoms with Crippen molar-refractivity contribution in [2.75, 3.05) is 24.7 Å². The molecule has 1 aromatic heterocycles. The van der Waals surface area contributed by atoms with Crippen molar-refractivity contribution in [1.29, 1.82) is 0 Å². The lowest BCUT2D eigenvalue weighted by Gasteiger charge is -2.12. The molecule has 1 aromatic carbocycles. The smallest absolute Gasteiger partial charge is 0.163 e. The highest BCUT2D eigenvalue weighted by molar-refractivity contribution is 6.03. The molecule has 0 radical (unpaired) electrons. The third-order valence-corrected chi connectivity index (χ3v) is 3.25. The number of ketones is 1. The Kier molecular flexibility index (Phi) is 3.34. The van der Waals surface area contributed by atoms with Gasteiger partial charge in [0.2, 0.25) is 0 Å². The minimum atomic E-state index is -0.0117. The van der Waals surface area contributed by atoms with Gasteiger partial charge in [-0.05, 0) is 26.0 Å². The molecule has 1 heterocycles. The number of aromatic nitrogens is 1. The fraction of sp³-hybridized carbons (Fsp3) is 0.267. The van der Waals surface area contributed by atoms with Gasteiger partial charge in [0.05, 0.1) is 16.9 Å². The monoisotopic (exact) mass is 257 g/mol. The molecule has 0 saturated carbocycles. The number of hydrogen-bond acceptors (Lipinski definition) is 3. The second kappa shape index (κ2) is 4.80. The van der Waals surface area contributed by atoms with Gasteiger partial charge >= 0.3 is 0 Å². The zero-order valence-electron chi connectivity index (χ0n) is 11.7. The molecule has 0 bridgehead atoms. The highest BCUT2D eigenvalue weighted by Gasteiger charge is 2.16. The second-order valence-electron chi connectivity index (χ2n) is 4.91. The van der Waals surface area contributed by atoms with Gasteiger partial charge in [-0.2, -0.15) is 0 Å². The van der Waals surface area contributed by atoms with Crippen molar-refractivity contribution in [2.45, 2.75) is 13.8 Å². The molecule has 3 N–H and O–H groups in total. The van der Waals surface area contributed by atoms with Gasteiger partial charge in [0.15, 0.2) is 5.78 Å². The number of nitrogens with zero attached hydrogens (tertiary/aromatic N) is 1. The third-order valence-electron chi connectivity index (χ3n) is 3.25. The van der Waals surface area contributed by atoms with Gasteiger partial charge in [-0.15, -0.1) is 0 Å². The van der Waals surface area contributed by atoms with Crippen LogP contribution in [0.3, 0.4) is 0 Å². The van der Waals surface area contributed by atoms with Crippen LogP contribution in [-0.2, 0) is 0 Å². The first-order chi connectivity index (χ1) is 8.91. The van der Waals surface area contributed by atoms with Gasteiger partial charge in [-0.1, -0.05) is 12.1 Å². The lowest BCUT2D eigenvalue weighted by molar-refractivity contribution is 0.101. The van der Waals surface area contributed by atoms with E-state index in [4.69, 9.17) is 5.73 Å². The molecule has 0 atom stereocenters. The Bertz CT molecular complexity index is 609. The van der Waals surface area contributed by atoms with Crippen LogP contribution in [0.15, 0.2) is 24.3 Å². The van der Waals surface area contributed by atoms with Crippen molar-refractivity contribution < 1.29 is 4.79 Å². The van der Waals surface area contributed by atoms with Crippen LogP contribution >= 0.6 is 0 Å². The average molecular weight is 257 g/mol. The molecule has 0 fully saturated rings. The average Bonchev–Trinajstić information content (AvgIpc) is 2.65. The van der Waals surface area contributed by atoms with Crippen LogP contribution in [0, 0.1) is 6.92 Å². The van der Waals surface area contributed by atoms with Crippen LogP contribution in [0.1, 0.15) is 23.0 Å². The van der Waals surface area contributed by atoms with E-state index in [0.717, 1.165) is 22.6 Å². The Hall–Kier alpha value is -2.23. The zero-order chi connectivity index (χ0) is 14.2. The fourth-order valence-corrected chi connectivity index (χ4v) is 2.25. The summed E-state index contributed by atoms with van der Waals surface area (Å²) in [6.45, 7) is 3.40. The van der Waals surface area contributed by atoms with Gasteiger partial charge in [0.25, 0.3) is 0 Å². The van der Waals surface area contributed by atoms with Crippen molar-refractivity contribution >= 4 is 17.2 Å². The van der Waals surface area contributed by atoms with E-state index in [9.17, 15) is 4.79 Å². The standard InChI is InChI=1S/C15H19N3O/c1-9-13(10(2)19)14(16)15(17-9)11-5-7-12(8-6-11)18(3)4/h5-8,17H,16H2,1-4H3. The number of rotatable bonds is 3. The maximum absolute atomic E-state index is 11.6. The summed E-state index contributed by atoms with van der Waals surface area (Å²) in [4.78, 5) is 16.8. The SMILES string of the molecule is CC(=O)c1c(C)[nH]c(-c2ccc(N(C)C)cc2)c1N. The number of Topliss-reactive ketones (excluding diaryl/α,β-unsaturated/α-hetero) is 1. The minimum Gasteiger partial charge on any atom is -0.396 e. The molecule has 0 spiro atoms. The predicted molar refractivity (Wildman–Crippen MR) is 79.7 cm³/mol. The van der Waals surface area contributed by atoms with Gasteiger partial charge in [-0.3, -0.25) is 4.79 Å². The van der Waals surface area contributed by atoms with Crippen molar-refractivity contribution in [3.63, 3.8) is 0 Å².